The number of likely N-dealkylation sites (tertiary alicyclic amines) is 1. The van der Waals surface area contributed by atoms with Gasteiger partial charge in [0.2, 0.25) is 5.88 Å². The quantitative estimate of drug-likeness (QED) is 0.841. The first-order chi connectivity index (χ1) is 11.4. The molecule has 0 atom stereocenters. The fourth-order valence-electron chi connectivity index (χ4n) is 4.27. The molecule has 5 nitrogen and oxygen atoms in total. The van der Waals surface area contributed by atoms with Crippen molar-refractivity contribution in [2.45, 2.75) is 43.9 Å². The molecule has 0 aromatic carbocycles. The predicted molar refractivity (Wildman–Crippen MR) is 79.9 cm³/mol. The molecular formula is C16H22F3N3O2. The van der Waals surface area contributed by atoms with Gasteiger partial charge in [0.1, 0.15) is 0 Å². The van der Waals surface area contributed by atoms with Crippen molar-refractivity contribution in [3.63, 3.8) is 0 Å². The second-order valence-electron chi connectivity index (χ2n) is 7.35. The monoisotopic (exact) mass is 345 g/mol. The van der Waals surface area contributed by atoms with Gasteiger partial charge in [-0.2, -0.15) is 13.2 Å². The molecular weight excluding hydrogens is 323 g/mol. The number of hydrogen-bond donors (Lipinski definition) is 0. The van der Waals surface area contributed by atoms with Crippen LogP contribution in [-0.2, 0) is 4.74 Å². The lowest BCUT2D eigenvalue weighted by molar-refractivity contribution is -0.154. The van der Waals surface area contributed by atoms with E-state index in [9.17, 15) is 13.2 Å². The Morgan fingerprint density at radius 2 is 1.92 bits per heavy atom. The summed E-state index contributed by atoms with van der Waals surface area (Å²) in [7, 11) is 0. The maximum Gasteiger partial charge on any atom is 0.422 e. The van der Waals surface area contributed by atoms with Crippen molar-refractivity contribution < 1.29 is 22.6 Å². The molecule has 1 spiro atoms. The number of rotatable bonds is 4. The van der Waals surface area contributed by atoms with Gasteiger partial charge in [0.05, 0.1) is 6.04 Å². The van der Waals surface area contributed by atoms with Crippen molar-refractivity contribution >= 4 is 0 Å². The molecule has 1 saturated carbocycles. The van der Waals surface area contributed by atoms with Crippen LogP contribution in [0.3, 0.4) is 0 Å². The van der Waals surface area contributed by atoms with E-state index >= 15 is 0 Å². The third-order valence-corrected chi connectivity index (χ3v) is 5.46. The van der Waals surface area contributed by atoms with Crippen molar-refractivity contribution in [3.05, 3.63) is 12.3 Å². The summed E-state index contributed by atoms with van der Waals surface area (Å²) < 4.78 is 48.3. The van der Waals surface area contributed by atoms with Gasteiger partial charge in [-0.05, 0) is 31.1 Å². The van der Waals surface area contributed by atoms with E-state index in [-0.39, 0.29) is 11.9 Å². The van der Waals surface area contributed by atoms with Crippen LogP contribution in [0.5, 0.6) is 5.88 Å². The molecule has 24 heavy (non-hydrogen) atoms. The minimum absolute atomic E-state index is 0.0470. The maximum absolute atomic E-state index is 12.2. The van der Waals surface area contributed by atoms with Gasteiger partial charge >= 0.3 is 6.18 Å². The van der Waals surface area contributed by atoms with E-state index < -0.39 is 12.8 Å². The maximum atomic E-state index is 12.2. The molecule has 1 aromatic heterocycles. The summed E-state index contributed by atoms with van der Waals surface area (Å²) in [6.07, 6.45) is 1.74. The average molecular weight is 345 g/mol. The van der Waals surface area contributed by atoms with Crippen LogP contribution in [0, 0.1) is 5.41 Å². The van der Waals surface area contributed by atoms with E-state index in [1.807, 2.05) is 0 Å². The highest BCUT2D eigenvalue weighted by Crippen LogP contribution is 2.54. The third kappa shape index (κ3) is 3.26. The number of aromatic nitrogens is 2. The summed E-state index contributed by atoms with van der Waals surface area (Å²) in [5, 5.41) is 4.13. The predicted octanol–water partition coefficient (Wildman–Crippen LogP) is 2.64. The summed E-state index contributed by atoms with van der Waals surface area (Å²) in [6.45, 7) is 2.70. The van der Waals surface area contributed by atoms with Crippen molar-refractivity contribution in [2.75, 3.05) is 32.9 Å². The Hall–Kier alpha value is -1.28. The molecule has 0 radical (unpaired) electrons. The Morgan fingerprint density at radius 3 is 2.58 bits per heavy atom. The first-order valence-electron chi connectivity index (χ1n) is 8.49. The molecule has 1 aliphatic carbocycles. The zero-order chi connectivity index (χ0) is 16.8. The summed E-state index contributed by atoms with van der Waals surface area (Å²) in [5.74, 6) is 0.0470. The normalized spacial score (nSPS) is 25.5. The van der Waals surface area contributed by atoms with Gasteiger partial charge in [0, 0.05) is 44.6 Å². The molecule has 3 aliphatic rings. The van der Waals surface area contributed by atoms with Crippen molar-refractivity contribution in [1.82, 2.24) is 14.7 Å². The number of alkyl halides is 3. The minimum atomic E-state index is -4.33. The van der Waals surface area contributed by atoms with Gasteiger partial charge in [0.25, 0.3) is 0 Å². The van der Waals surface area contributed by atoms with Gasteiger partial charge in [-0.1, -0.05) is 0 Å². The molecule has 1 aromatic rings. The molecule has 2 aliphatic heterocycles. The van der Waals surface area contributed by atoms with E-state index in [2.05, 4.69) is 14.7 Å². The van der Waals surface area contributed by atoms with Crippen LogP contribution in [0.15, 0.2) is 12.3 Å². The van der Waals surface area contributed by atoms with Gasteiger partial charge in [-0.15, -0.1) is 5.10 Å². The van der Waals surface area contributed by atoms with Crippen LogP contribution in [0.25, 0.3) is 0 Å². The average Bonchev–Trinajstić information content (AvgIpc) is 2.91. The van der Waals surface area contributed by atoms with Crippen molar-refractivity contribution in [3.8, 4) is 5.88 Å². The molecule has 0 amide bonds. The molecule has 134 valence electrons. The summed E-state index contributed by atoms with van der Waals surface area (Å²) >= 11 is 0. The smallest absolute Gasteiger partial charge is 0.422 e. The standard InChI is InChI=1S/C16H22F3N3O2/c17-16(18,19)11-24-14-1-4-22(20-14)13-7-15(8-13)9-21(10-15)12-2-5-23-6-3-12/h1,4,12-13H,2-3,5-11H2. The molecule has 0 bridgehead atoms. The topological polar surface area (TPSA) is 39.5 Å². The fourth-order valence-corrected chi connectivity index (χ4v) is 4.27. The second-order valence-corrected chi connectivity index (χ2v) is 7.35. The Morgan fingerprint density at radius 1 is 1.21 bits per heavy atom. The lowest BCUT2D eigenvalue weighted by atomic mass is 9.60. The van der Waals surface area contributed by atoms with Crippen LogP contribution in [-0.4, -0.2) is 59.8 Å². The van der Waals surface area contributed by atoms with E-state index in [0.29, 0.717) is 11.5 Å². The lowest BCUT2D eigenvalue weighted by Gasteiger charge is -2.61. The highest BCUT2D eigenvalue weighted by molar-refractivity contribution is 5.11. The van der Waals surface area contributed by atoms with Crippen LogP contribution >= 0.6 is 0 Å². The first kappa shape index (κ1) is 16.2. The SMILES string of the molecule is FC(F)(F)COc1ccn(C2CC3(C2)CN(C2CCOCC2)C3)n1. The Bertz CT molecular complexity index is 569. The minimum Gasteiger partial charge on any atom is -0.467 e. The van der Waals surface area contributed by atoms with E-state index in [1.54, 1.807) is 10.9 Å². The van der Waals surface area contributed by atoms with Crippen LogP contribution in [0.4, 0.5) is 13.2 Å². The molecule has 0 unspecified atom stereocenters. The molecule has 4 rings (SSSR count). The molecule has 2 saturated heterocycles. The summed E-state index contributed by atoms with van der Waals surface area (Å²) in [4.78, 5) is 2.56. The number of ether oxygens (including phenoxy) is 2. The second kappa shape index (κ2) is 5.91. The van der Waals surface area contributed by atoms with Crippen molar-refractivity contribution in [2.24, 2.45) is 5.41 Å². The van der Waals surface area contributed by atoms with Gasteiger partial charge in [-0.3, -0.25) is 9.58 Å². The number of nitrogens with zero attached hydrogens (tertiary/aromatic N) is 3. The molecule has 3 heterocycles. The molecule has 3 fully saturated rings. The largest absolute Gasteiger partial charge is 0.467 e. The van der Waals surface area contributed by atoms with Gasteiger partial charge in [0.15, 0.2) is 6.61 Å². The first-order valence-corrected chi connectivity index (χ1v) is 8.49. The zero-order valence-electron chi connectivity index (χ0n) is 13.5. The third-order valence-electron chi connectivity index (χ3n) is 5.46. The Balaban J connectivity index is 1.24. The van der Waals surface area contributed by atoms with E-state index in [4.69, 9.17) is 4.74 Å². The fraction of sp³-hybridized carbons (Fsp3) is 0.812. The van der Waals surface area contributed by atoms with Crippen LogP contribution in [0.1, 0.15) is 31.7 Å². The Labute approximate surface area is 138 Å². The van der Waals surface area contributed by atoms with E-state index in [1.165, 1.54) is 6.07 Å². The zero-order valence-corrected chi connectivity index (χ0v) is 13.5. The highest BCUT2D eigenvalue weighted by atomic mass is 19.4. The van der Waals surface area contributed by atoms with Crippen LogP contribution in [0.2, 0.25) is 0 Å². The number of halogens is 3. The lowest BCUT2D eigenvalue weighted by Crippen LogP contribution is -2.65. The van der Waals surface area contributed by atoms with Crippen molar-refractivity contribution in [1.29, 1.82) is 0 Å². The van der Waals surface area contributed by atoms with Gasteiger partial charge in [-0.25, -0.2) is 0 Å². The molecule has 8 heteroatoms. The van der Waals surface area contributed by atoms with Crippen LogP contribution < -0.4 is 4.74 Å². The summed E-state index contributed by atoms with van der Waals surface area (Å²) in [5.41, 5.74) is 0.391. The highest BCUT2D eigenvalue weighted by Gasteiger charge is 2.54. The summed E-state index contributed by atoms with van der Waals surface area (Å²) in [6, 6.07) is 2.45. The van der Waals surface area contributed by atoms with Gasteiger partial charge < -0.3 is 9.47 Å². The number of hydrogen-bond acceptors (Lipinski definition) is 4. The Kier molecular flexibility index (Phi) is 3.99. The van der Waals surface area contributed by atoms with E-state index in [0.717, 1.165) is 52.0 Å². The molecule has 0 N–H and O–H groups in total.